The van der Waals surface area contributed by atoms with Gasteiger partial charge in [-0.25, -0.2) is 8.42 Å². The minimum absolute atomic E-state index is 0.0531. The molecule has 1 saturated heterocycles. The van der Waals surface area contributed by atoms with Gasteiger partial charge in [-0.2, -0.15) is 5.10 Å². The number of nitrogens with one attached hydrogen (secondary N) is 3. The lowest BCUT2D eigenvalue weighted by Crippen LogP contribution is -2.49. The first kappa shape index (κ1) is 20.5. The molecule has 10 heteroatoms. The highest BCUT2D eigenvalue weighted by molar-refractivity contribution is 7.91. The fraction of sp³-hybridized carbons (Fsp3) is 0.611. The Hall–Kier alpha value is -2.20. The third kappa shape index (κ3) is 5.20. The van der Waals surface area contributed by atoms with E-state index in [-0.39, 0.29) is 41.5 Å². The Labute approximate surface area is 164 Å². The molecule has 1 saturated carbocycles. The van der Waals surface area contributed by atoms with Crippen LogP contribution in [0.15, 0.2) is 18.9 Å². The molecule has 0 spiro atoms. The minimum Gasteiger partial charge on any atom is -0.348 e. The van der Waals surface area contributed by atoms with E-state index < -0.39 is 9.84 Å². The lowest BCUT2D eigenvalue weighted by molar-refractivity contribution is -0.115. The number of carbonyl (C=O) groups is 2. The molecule has 1 aromatic rings. The maximum absolute atomic E-state index is 12.6. The molecule has 154 valence electrons. The highest BCUT2D eigenvalue weighted by Gasteiger charge is 2.31. The highest BCUT2D eigenvalue weighted by Crippen LogP contribution is 2.25. The second-order valence-electron chi connectivity index (χ2n) is 7.37. The van der Waals surface area contributed by atoms with E-state index in [0.29, 0.717) is 24.8 Å². The smallest absolute Gasteiger partial charge is 0.271 e. The van der Waals surface area contributed by atoms with Crippen molar-refractivity contribution in [3.8, 4) is 0 Å². The predicted molar refractivity (Wildman–Crippen MR) is 106 cm³/mol. The summed E-state index contributed by atoms with van der Waals surface area (Å²) in [7, 11) is -2.87. The Balaban J connectivity index is 1.49. The summed E-state index contributed by atoms with van der Waals surface area (Å²) in [4.78, 5) is 26.5. The van der Waals surface area contributed by atoms with E-state index in [9.17, 15) is 18.0 Å². The normalized spacial score (nSPS) is 25.0. The van der Waals surface area contributed by atoms with Crippen LogP contribution in [0.3, 0.4) is 0 Å². The molecule has 1 aliphatic carbocycles. The van der Waals surface area contributed by atoms with Crippen LogP contribution in [0, 0.1) is 0 Å². The van der Waals surface area contributed by atoms with E-state index in [1.807, 2.05) is 0 Å². The molecule has 3 rings (SSSR count). The number of amides is 2. The first-order valence-corrected chi connectivity index (χ1v) is 11.4. The predicted octanol–water partition coefficient (Wildman–Crippen LogP) is 0.696. The monoisotopic (exact) mass is 409 g/mol. The van der Waals surface area contributed by atoms with Gasteiger partial charge in [0.25, 0.3) is 5.91 Å². The van der Waals surface area contributed by atoms with Crippen molar-refractivity contribution in [3.05, 3.63) is 24.5 Å². The van der Waals surface area contributed by atoms with E-state index in [4.69, 9.17) is 0 Å². The number of rotatable bonds is 6. The number of anilines is 1. The minimum atomic E-state index is -2.87. The van der Waals surface area contributed by atoms with Gasteiger partial charge in [0, 0.05) is 31.6 Å². The number of sulfone groups is 1. The number of nitrogens with zero attached hydrogens (tertiary/aromatic N) is 2. The second kappa shape index (κ2) is 8.87. The summed E-state index contributed by atoms with van der Waals surface area (Å²) in [6, 6.07) is 0.432. The summed E-state index contributed by atoms with van der Waals surface area (Å²) in [6.07, 6.45) is 6.60. The van der Waals surface area contributed by atoms with Gasteiger partial charge in [0.2, 0.25) is 5.91 Å². The van der Waals surface area contributed by atoms with Crippen LogP contribution >= 0.6 is 0 Å². The van der Waals surface area contributed by atoms with Crippen LogP contribution in [-0.4, -0.2) is 72.0 Å². The molecule has 0 aromatic carbocycles. The Morgan fingerprint density at radius 2 is 1.93 bits per heavy atom. The Morgan fingerprint density at radius 3 is 2.57 bits per heavy atom. The third-order valence-corrected chi connectivity index (χ3v) is 7.01. The van der Waals surface area contributed by atoms with Gasteiger partial charge in [-0.15, -0.1) is 6.58 Å². The molecule has 0 bridgehead atoms. The number of H-pyrrole nitrogens is 1. The lowest BCUT2D eigenvalue weighted by Gasteiger charge is -2.38. The van der Waals surface area contributed by atoms with Crippen LogP contribution in [0.25, 0.3) is 0 Å². The summed E-state index contributed by atoms with van der Waals surface area (Å²) >= 11 is 0. The number of aromatic nitrogens is 2. The Morgan fingerprint density at radius 1 is 1.25 bits per heavy atom. The van der Waals surface area contributed by atoms with Crippen LogP contribution in [-0.2, 0) is 14.6 Å². The fourth-order valence-corrected chi connectivity index (χ4v) is 5.05. The van der Waals surface area contributed by atoms with Gasteiger partial charge in [-0.05, 0) is 25.7 Å². The van der Waals surface area contributed by atoms with Gasteiger partial charge in [0.1, 0.15) is 5.69 Å². The number of aromatic amines is 1. The molecule has 1 aliphatic heterocycles. The summed E-state index contributed by atoms with van der Waals surface area (Å²) in [5, 5.41) is 12.1. The summed E-state index contributed by atoms with van der Waals surface area (Å²) in [5.41, 5.74) is 0.591. The van der Waals surface area contributed by atoms with Gasteiger partial charge in [-0.1, -0.05) is 6.08 Å². The zero-order chi connectivity index (χ0) is 20.1. The molecule has 2 fully saturated rings. The van der Waals surface area contributed by atoms with Crippen molar-refractivity contribution in [2.75, 3.05) is 29.9 Å². The van der Waals surface area contributed by atoms with Crippen molar-refractivity contribution in [2.24, 2.45) is 0 Å². The van der Waals surface area contributed by atoms with Crippen molar-refractivity contribution in [1.29, 1.82) is 0 Å². The van der Waals surface area contributed by atoms with Crippen LogP contribution in [0.2, 0.25) is 0 Å². The fourth-order valence-electron chi connectivity index (χ4n) is 3.82. The first-order chi connectivity index (χ1) is 13.4. The van der Waals surface area contributed by atoms with Gasteiger partial charge in [0.15, 0.2) is 9.84 Å². The molecular formula is C18H27N5O4S. The lowest BCUT2D eigenvalue weighted by atomic mass is 9.90. The number of hydrogen-bond acceptors (Lipinski definition) is 6. The van der Waals surface area contributed by atoms with E-state index in [2.05, 4.69) is 32.3 Å². The zero-order valence-electron chi connectivity index (χ0n) is 15.8. The Kier molecular flexibility index (Phi) is 6.50. The first-order valence-electron chi connectivity index (χ1n) is 9.57. The van der Waals surface area contributed by atoms with Crippen molar-refractivity contribution < 1.29 is 18.0 Å². The maximum atomic E-state index is 12.6. The van der Waals surface area contributed by atoms with Gasteiger partial charge < -0.3 is 10.6 Å². The van der Waals surface area contributed by atoms with Crippen LogP contribution in [0.4, 0.5) is 5.69 Å². The van der Waals surface area contributed by atoms with Crippen LogP contribution in [0.5, 0.6) is 0 Å². The maximum Gasteiger partial charge on any atom is 0.271 e. The standard InChI is InChI=1S/C18H27N5O4S/c1-2-3-16(24)21-15-12-19-22-17(15)18(25)20-13-4-6-14(7-5-13)23-8-10-28(26,27)11-9-23/h2,12-14H,1,3-11H2,(H,19,22)(H,20,25)(H,21,24). The molecule has 9 nitrogen and oxygen atoms in total. The van der Waals surface area contributed by atoms with E-state index >= 15 is 0 Å². The topological polar surface area (TPSA) is 124 Å². The summed E-state index contributed by atoms with van der Waals surface area (Å²) < 4.78 is 23.2. The Bertz CT molecular complexity index is 813. The SMILES string of the molecule is C=CCC(=O)Nc1cn[nH]c1C(=O)NC1CCC(N2CCS(=O)(=O)CC2)CC1. The van der Waals surface area contributed by atoms with E-state index in [0.717, 1.165) is 25.7 Å². The molecule has 0 atom stereocenters. The second-order valence-corrected chi connectivity index (χ2v) is 9.67. The van der Waals surface area contributed by atoms with Crippen molar-refractivity contribution in [3.63, 3.8) is 0 Å². The highest BCUT2D eigenvalue weighted by atomic mass is 32.2. The summed E-state index contributed by atoms with van der Waals surface area (Å²) in [6.45, 7) is 4.72. The molecule has 28 heavy (non-hydrogen) atoms. The molecule has 2 heterocycles. The molecule has 2 amide bonds. The average molecular weight is 410 g/mol. The molecular weight excluding hydrogens is 382 g/mol. The quantitative estimate of drug-likeness (QED) is 0.594. The van der Waals surface area contributed by atoms with E-state index in [1.54, 1.807) is 0 Å². The number of carbonyl (C=O) groups excluding carboxylic acids is 2. The van der Waals surface area contributed by atoms with Gasteiger partial charge in [0.05, 0.1) is 23.4 Å². The number of hydrogen-bond donors (Lipinski definition) is 3. The third-order valence-electron chi connectivity index (χ3n) is 5.40. The van der Waals surface area contributed by atoms with E-state index in [1.165, 1.54) is 12.3 Å². The van der Waals surface area contributed by atoms with Crippen LogP contribution in [0.1, 0.15) is 42.6 Å². The molecule has 2 aliphatic rings. The largest absolute Gasteiger partial charge is 0.348 e. The van der Waals surface area contributed by atoms with Crippen molar-refractivity contribution in [1.82, 2.24) is 20.4 Å². The van der Waals surface area contributed by atoms with Crippen molar-refractivity contribution >= 4 is 27.3 Å². The van der Waals surface area contributed by atoms with Gasteiger partial charge >= 0.3 is 0 Å². The summed E-state index contributed by atoms with van der Waals surface area (Å²) in [5.74, 6) is -0.0679. The molecule has 1 aromatic heterocycles. The van der Waals surface area contributed by atoms with Crippen LogP contribution < -0.4 is 10.6 Å². The molecule has 0 radical (unpaired) electrons. The molecule has 0 unspecified atom stereocenters. The molecule has 3 N–H and O–H groups in total. The average Bonchev–Trinajstić information content (AvgIpc) is 3.11. The van der Waals surface area contributed by atoms with Gasteiger partial charge in [-0.3, -0.25) is 19.6 Å². The van der Waals surface area contributed by atoms with Crippen molar-refractivity contribution in [2.45, 2.75) is 44.2 Å². The zero-order valence-corrected chi connectivity index (χ0v) is 16.6.